The number of rotatable bonds is 3. The topological polar surface area (TPSA) is 21.3 Å². The molecule has 1 aromatic rings. The number of thioether (sulfide) groups is 1. The molecule has 21 heavy (non-hydrogen) atoms. The number of hydrogen-bond acceptors (Lipinski definition) is 3. The van der Waals surface area contributed by atoms with E-state index in [-0.39, 0.29) is 5.60 Å². The van der Waals surface area contributed by atoms with Crippen LogP contribution in [0.5, 0.6) is 0 Å². The molecule has 3 heteroatoms. The molecule has 0 aromatic heterocycles. The third-order valence-corrected chi connectivity index (χ3v) is 6.99. The molecule has 4 unspecified atom stereocenters. The molecule has 0 saturated carbocycles. The van der Waals surface area contributed by atoms with Crippen molar-refractivity contribution in [2.75, 3.05) is 25.2 Å². The average Bonchev–Trinajstić information content (AvgIpc) is 2.92. The van der Waals surface area contributed by atoms with Gasteiger partial charge in [0.2, 0.25) is 0 Å². The molecule has 2 heterocycles. The van der Waals surface area contributed by atoms with Crippen molar-refractivity contribution in [2.45, 2.75) is 43.2 Å². The second-order valence-electron chi connectivity index (χ2n) is 6.91. The molecule has 4 atom stereocenters. The van der Waals surface area contributed by atoms with Crippen LogP contribution in [0.2, 0.25) is 0 Å². The van der Waals surface area contributed by atoms with Gasteiger partial charge >= 0.3 is 0 Å². The first-order chi connectivity index (χ1) is 10.3. The zero-order valence-electron chi connectivity index (χ0n) is 12.8. The third kappa shape index (κ3) is 2.43. The summed E-state index contributed by atoms with van der Waals surface area (Å²) in [5.74, 6) is 3.96. The van der Waals surface area contributed by atoms with Crippen molar-refractivity contribution in [3.63, 3.8) is 0 Å². The van der Waals surface area contributed by atoms with Crippen molar-refractivity contribution < 1.29 is 4.74 Å². The molecule has 114 valence electrons. The second-order valence-corrected chi connectivity index (χ2v) is 8.02. The van der Waals surface area contributed by atoms with Crippen LogP contribution in [-0.4, -0.2) is 36.8 Å². The fraction of sp³-hybridized carbons (Fsp3) is 0.667. The van der Waals surface area contributed by atoms with Gasteiger partial charge in [0.1, 0.15) is 0 Å². The summed E-state index contributed by atoms with van der Waals surface area (Å²) in [6.45, 7) is 0.956. The second kappa shape index (κ2) is 5.60. The first-order valence-electron chi connectivity index (χ1n) is 8.28. The van der Waals surface area contributed by atoms with Gasteiger partial charge in [0.15, 0.2) is 0 Å². The van der Waals surface area contributed by atoms with Crippen LogP contribution in [0.4, 0.5) is 0 Å². The lowest BCUT2D eigenvalue weighted by Gasteiger charge is -2.46. The maximum atomic E-state index is 6.20. The average molecular weight is 303 g/mol. The molecule has 1 aromatic carbocycles. The first kappa shape index (κ1) is 14.1. The maximum Gasteiger partial charge on any atom is 0.0783 e. The zero-order chi connectivity index (χ0) is 14.3. The van der Waals surface area contributed by atoms with Crippen LogP contribution in [0.1, 0.15) is 36.3 Å². The van der Waals surface area contributed by atoms with Crippen molar-refractivity contribution in [2.24, 2.45) is 5.92 Å². The van der Waals surface area contributed by atoms with Crippen molar-refractivity contribution in [3.05, 3.63) is 35.4 Å². The highest BCUT2D eigenvalue weighted by Crippen LogP contribution is 2.46. The molecule has 0 bridgehead atoms. The molecule has 1 aliphatic carbocycles. The summed E-state index contributed by atoms with van der Waals surface area (Å²) in [5, 5.41) is 3.66. The summed E-state index contributed by atoms with van der Waals surface area (Å²) in [6.07, 6.45) is 4.98. The Hall–Kier alpha value is -0.510. The van der Waals surface area contributed by atoms with E-state index in [1.54, 1.807) is 11.1 Å². The summed E-state index contributed by atoms with van der Waals surface area (Å²) in [4.78, 5) is 0. The Kier molecular flexibility index (Phi) is 3.76. The number of ether oxygens (including phenoxy) is 1. The van der Waals surface area contributed by atoms with Crippen LogP contribution in [0, 0.1) is 5.92 Å². The lowest BCUT2D eigenvalue weighted by atomic mass is 9.67. The highest BCUT2D eigenvalue weighted by molar-refractivity contribution is 7.99. The van der Waals surface area contributed by atoms with Gasteiger partial charge in [-0.15, -0.1) is 0 Å². The minimum Gasteiger partial charge on any atom is -0.374 e. The van der Waals surface area contributed by atoms with Crippen molar-refractivity contribution in [1.82, 2.24) is 5.32 Å². The van der Waals surface area contributed by atoms with E-state index in [4.69, 9.17) is 4.74 Å². The Labute approximate surface area is 132 Å². The highest BCUT2D eigenvalue weighted by Gasteiger charge is 2.45. The fourth-order valence-corrected chi connectivity index (χ4v) is 6.00. The maximum absolute atomic E-state index is 6.20. The summed E-state index contributed by atoms with van der Waals surface area (Å²) < 4.78 is 6.20. The van der Waals surface area contributed by atoms with E-state index in [0.29, 0.717) is 12.0 Å². The lowest BCUT2D eigenvalue weighted by molar-refractivity contribution is -0.0865. The van der Waals surface area contributed by atoms with Gasteiger partial charge in [0, 0.05) is 24.3 Å². The van der Waals surface area contributed by atoms with Gasteiger partial charge in [-0.2, -0.15) is 11.8 Å². The van der Waals surface area contributed by atoms with Crippen LogP contribution < -0.4 is 5.32 Å². The Balaban J connectivity index is 1.51. The summed E-state index contributed by atoms with van der Waals surface area (Å²) in [6, 6.07) is 9.59. The third-order valence-electron chi connectivity index (χ3n) is 5.77. The Bertz CT molecular complexity index is 512. The van der Waals surface area contributed by atoms with Gasteiger partial charge in [0.25, 0.3) is 0 Å². The minimum atomic E-state index is 0.200. The number of benzene rings is 1. The molecular formula is C18H25NOS. The van der Waals surface area contributed by atoms with Gasteiger partial charge in [-0.1, -0.05) is 24.3 Å². The summed E-state index contributed by atoms with van der Waals surface area (Å²) in [5.41, 5.74) is 3.34. The van der Waals surface area contributed by atoms with E-state index in [2.05, 4.69) is 48.4 Å². The van der Waals surface area contributed by atoms with Gasteiger partial charge < -0.3 is 10.1 Å². The Morgan fingerprint density at radius 3 is 3.05 bits per heavy atom. The standard InChI is InChI=1S/C18H25NOS/c1-19-17(16-10-13-4-2-3-5-15(13)16)14-6-8-20-18(11-14)7-9-21-12-18/h2-5,14,16-17,19H,6-12H2,1H3. The van der Waals surface area contributed by atoms with Crippen LogP contribution in [0.3, 0.4) is 0 Å². The van der Waals surface area contributed by atoms with E-state index in [1.807, 2.05) is 0 Å². The smallest absolute Gasteiger partial charge is 0.0783 e. The van der Waals surface area contributed by atoms with Gasteiger partial charge in [-0.3, -0.25) is 0 Å². The van der Waals surface area contributed by atoms with E-state index in [9.17, 15) is 0 Å². The van der Waals surface area contributed by atoms with E-state index in [1.165, 1.54) is 37.2 Å². The molecule has 2 saturated heterocycles. The number of likely N-dealkylation sites (N-methyl/N-ethyl adjacent to an activating group) is 1. The van der Waals surface area contributed by atoms with Crippen molar-refractivity contribution >= 4 is 11.8 Å². The molecule has 2 nitrogen and oxygen atoms in total. The summed E-state index contributed by atoms with van der Waals surface area (Å²) >= 11 is 2.07. The molecular weight excluding hydrogens is 278 g/mol. The van der Waals surface area contributed by atoms with Crippen molar-refractivity contribution in [3.8, 4) is 0 Å². The number of fused-ring (bicyclic) bond motifs is 1. The normalized spacial score (nSPS) is 36.2. The number of nitrogens with one attached hydrogen (secondary N) is 1. The molecule has 1 N–H and O–H groups in total. The lowest BCUT2D eigenvalue weighted by Crippen LogP contribution is -2.50. The number of hydrogen-bond donors (Lipinski definition) is 1. The predicted octanol–water partition coefficient (Wildman–Crippen LogP) is 3.22. The largest absolute Gasteiger partial charge is 0.374 e. The molecule has 1 spiro atoms. The van der Waals surface area contributed by atoms with Gasteiger partial charge in [-0.05, 0) is 55.5 Å². The first-order valence-corrected chi connectivity index (χ1v) is 9.44. The summed E-state index contributed by atoms with van der Waals surface area (Å²) in [7, 11) is 2.15. The van der Waals surface area contributed by atoms with E-state index >= 15 is 0 Å². The van der Waals surface area contributed by atoms with Crippen LogP contribution >= 0.6 is 11.8 Å². The Morgan fingerprint density at radius 2 is 2.29 bits per heavy atom. The molecule has 2 aliphatic heterocycles. The van der Waals surface area contributed by atoms with E-state index < -0.39 is 0 Å². The molecule has 3 aliphatic rings. The fourth-order valence-electron chi connectivity index (χ4n) is 4.62. The highest BCUT2D eigenvalue weighted by atomic mass is 32.2. The van der Waals surface area contributed by atoms with E-state index in [0.717, 1.165) is 12.5 Å². The predicted molar refractivity (Wildman–Crippen MR) is 89.1 cm³/mol. The van der Waals surface area contributed by atoms with Gasteiger partial charge in [-0.25, -0.2) is 0 Å². The van der Waals surface area contributed by atoms with Crippen molar-refractivity contribution in [1.29, 1.82) is 0 Å². The minimum absolute atomic E-state index is 0.200. The molecule has 2 fully saturated rings. The van der Waals surface area contributed by atoms with Crippen LogP contribution in [0.25, 0.3) is 0 Å². The quantitative estimate of drug-likeness (QED) is 0.926. The molecule has 0 amide bonds. The Morgan fingerprint density at radius 1 is 1.38 bits per heavy atom. The molecule has 0 radical (unpaired) electrons. The van der Waals surface area contributed by atoms with Gasteiger partial charge in [0.05, 0.1) is 5.60 Å². The SMILES string of the molecule is CNC(C1CCOC2(CCSC2)C1)C1Cc2ccccc21. The zero-order valence-corrected chi connectivity index (χ0v) is 13.6. The molecule has 4 rings (SSSR count). The monoisotopic (exact) mass is 303 g/mol. The van der Waals surface area contributed by atoms with Crippen LogP contribution in [-0.2, 0) is 11.2 Å². The van der Waals surface area contributed by atoms with Crippen LogP contribution in [0.15, 0.2) is 24.3 Å².